The van der Waals surface area contributed by atoms with Gasteiger partial charge in [0.25, 0.3) is 0 Å². The fraction of sp³-hybridized carbons (Fsp3) is 0.357. The minimum atomic E-state index is 0.301. The van der Waals surface area contributed by atoms with Crippen LogP contribution in [0.4, 0.5) is 0 Å². The van der Waals surface area contributed by atoms with Crippen molar-refractivity contribution in [3.63, 3.8) is 0 Å². The quantitative estimate of drug-likeness (QED) is 0.822. The summed E-state index contributed by atoms with van der Waals surface area (Å²) in [6.07, 6.45) is 3.73. The summed E-state index contributed by atoms with van der Waals surface area (Å²) < 4.78 is 5.43. The molecule has 2 aromatic rings. The van der Waals surface area contributed by atoms with Crippen molar-refractivity contribution in [2.45, 2.75) is 26.4 Å². The molecule has 1 atom stereocenters. The summed E-state index contributed by atoms with van der Waals surface area (Å²) in [7, 11) is 0. The zero-order valence-electron chi connectivity index (χ0n) is 10.8. The van der Waals surface area contributed by atoms with Gasteiger partial charge in [-0.1, -0.05) is 12.1 Å². The Kier molecular flexibility index (Phi) is 4.36. The average molecular weight is 245 g/mol. The van der Waals surface area contributed by atoms with Crippen molar-refractivity contribution >= 4 is 0 Å². The van der Waals surface area contributed by atoms with Crippen LogP contribution in [0.3, 0.4) is 0 Å². The Morgan fingerprint density at radius 1 is 1.33 bits per heavy atom. The largest absolute Gasteiger partial charge is 0.494 e. The van der Waals surface area contributed by atoms with Gasteiger partial charge in [-0.2, -0.15) is 5.10 Å². The maximum absolute atomic E-state index is 5.43. The Morgan fingerprint density at radius 2 is 2.11 bits per heavy atom. The van der Waals surface area contributed by atoms with Crippen LogP contribution in [0, 0.1) is 0 Å². The van der Waals surface area contributed by atoms with Gasteiger partial charge < -0.3 is 10.1 Å². The Labute approximate surface area is 107 Å². The number of H-pyrrole nitrogens is 1. The van der Waals surface area contributed by atoms with E-state index in [1.165, 1.54) is 5.56 Å². The van der Waals surface area contributed by atoms with Crippen LogP contribution in [-0.2, 0) is 6.54 Å². The lowest BCUT2D eigenvalue weighted by Gasteiger charge is -2.14. The van der Waals surface area contributed by atoms with Crippen LogP contribution in [0.1, 0.15) is 31.0 Å². The number of aromatic amines is 1. The monoisotopic (exact) mass is 245 g/mol. The molecule has 0 aliphatic heterocycles. The molecule has 0 bridgehead atoms. The van der Waals surface area contributed by atoms with E-state index in [0.717, 1.165) is 17.9 Å². The highest BCUT2D eigenvalue weighted by Gasteiger charge is 2.05. The van der Waals surface area contributed by atoms with Crippen LogP contribution < -0.4 is 10.1 Å². The molecule has 2 rings (SSSR count). The molecule has 2 N–H and O–H groups in total. The van der Waals surface area contributed by atoms with E-state index in [-0.39, 0.29) is 0 Å². The molecule has 0 saturated heterocycles. The Hall–Kier alpha value is -1.81. The van der Waals surface area contributed by atoms with E-state index in [4.69, 9.17) is 4.74 Å². The van der Waals surface area contributed by atoms with Crippen LogP contribution in [0.5, 0.6) is 5.75 Å². The highest BCUT2D eigenvalue weighted by atomic mass is 16.5. The molecule has 1 heterocycles. The number of nitrogens with zero attached hydrogens (tertiary/aromatic N) is 1. The van der Waals surface area contributed by atoms with Crippen LogP contribution in [0.2, 0.25) is 0 Å². The fourth-order valence-corrected chi connectivity index (χ4v) is 1.78. The summed E-state index contributed by atoms with van der Waals surface area (Å²) in [6, 6.07) is 8.51. The number of aromatic nitrogens is 2. The topological polar surface area (TPSA) is 49.9 Å². The van der Waals surface area contributed by atoms with Gasteiger partial charge in [0, 0.05) is 24.3 Å². The summed E-state index contributed by atoms with van der Waals surface area (Å²) in [6.45, 7) is 5.65. The van der Waals surface area contributed by atoms with Crippen LogP contribution >= 0.6 is 0 Å². The van der Waals surface area contributed by atoms with E-state index >= 15 is 0 Å². The zero-order chi connectivity index (χ0) is 12.8. The predicted octanol–water partition coefficient (Wildman–Crippen LogP) is 2.66. The molecular formula is C14H19N3O. The molecule has 1 aromatic carbocycles. The minimum Gasteiger partial charge on any atom is -0.494 e. The Morgan fingerprint density at radius 3 is 2.72 bits per heavy atom. The molecular weight excluding hydrogens is 226 g/mol. The van der Waals surface area contributed by atoms with Crippen molar-refractivity contribution in [2.75, 3.05) is 6.61 Å². The Balaban J connectivity index is 1.89. The molecule has 0 aliphatic rings. The molecule has 0 aliphatic carbocycles. The second-order valence-electron chi connectivity index (χ2n) is 4.21. The van der Waals surface area contributed by atoms with E-state index in [0.29, 0.717) is 12.6 Å². The number of nitrogens with one attached hydrogen (secondary N) is 2. The average Bonchev–Trinajstić information content (AvgIpc) is 2.90. The molecule has 96 valence electrons. The summed E-state index contributed by atoms with van der Waals surface area (Å²) in [4.78, 5) is 0. The van der Waals surface area contributed by atoms with Gasteiger partial charge in [-0.25, -0.2) is 0 Å². The third-order valence-electron chi connectivity index (χ3n) is 2.86. The molecule has 0 fully saturated rings. The van der Waals surface area contributed by atoms with Gasteiger partial charge >= 0.3 is 0 Å². The van der Waals surface area contributed by atoms with E-state index in [9.17, 15) is 0 Å². The lowest BCUT2D eigenvalue weighted by Crippen LogP contribution is -2.17. The molecule has 4 nitrogen and oxygen atoms in total. The summed E-state index contributed by atoms with van der Waals surface area (Å²) in [5.74, 6) is 0.920. The van der Waals surface area contributed by atoms with Crippen molar-refractivity contribution < 1.29 is 4.74 Å². The highest BCUT2D eigenvalue weighted by Crippen LogP contribution is 2.17. The second kappa shape index (κ2) is 6.21. The number of hydrogen-bond acceptors (Lipinski definition) is 3. The van der Waals surface area contributed by atoms with Crippen molar-refractivity contribution in [1.82, 2.24) is 15.5 Å². The standard InChI is InChI=1S/C14H19N3O/c1-3-18-14-6-4-13(5-7-14)11(2)15-8-12-9-16-17-10-12/h4-7,9-11,15H,3,8H2,1-2H3,(H,16,17). The number of benzene rings is 1. The third-order valence-corrected chi connectivity index (χ3v) is 2.86. The maximum atomic E-state index is 5.43. The van der Waals surface area contributed by atoms with Crippen LogP contribution in [0.15, 0.2) is 36.7 Å². The molecule has 1 unspecified atom stereocenters. The molecule has 0 spiro atoms. The molecule has 0 amide bonds. The first-order valence-electron chi connectivity index (χ1n) is 6.23. The maximum Gasteiger partial charge on any atom is 0.119 e. The van der Waals surface area contributed by atoms with E-state index < -0.39 is 0 Å². The second-order valence-corrected chi connectivity index (χ2v) is 4.21. The third kappa shape index (κ3) is 3.34. The highest BCUT2D eigenvalue weighted by molar-refractivity contribution is 5.29. The van der Waals surface area contributed by atoms with Gasteiger partial charge in [0.15, 0.2) is 0 Å². The van der Waals surface area contributed by atoms with Gasteiger partial charge in [-0.05, 0) is 31.5 Å². The van der Waals surface area contributed by atoms with Gasteiger partial charge in [0.1, 0.15) is 5.75 Å². The van der Waals surface area contributed by atoms with E-state index in [2.05, 4.69) is 34.6 Å². The lowest BCUT2D eigenvalue weighted by molar-refractivity contribution is 0.340. The predicted molar refractivity (Wildman–Crippen MR) is 71.5 cm³/mol. The normalized spacial score (nSPS) is 12.3. The summed E-state index contributed by atoms with van der Waals surface area (Å²) in [5, 5.41) is 10.2. The fourth-order valence-electron chi connectivity index (χ4n) is 1.78. The van der Waals surface area contributed by atoms with Gasteiger partial charge in [-0.15, -0.1) is 0 Å². The molecule has 1 aromatic heterocycles. The number of rotatable bonds is 6. The summed E-state index contributed by atoms with van der Waals surface area (Å²) in [5.41, 5.74) is 2.41. The van der Waals surface area contributed by atoms with Crippen molar-refractivity contribution in [2.24, 2.45) is 0 Å². The van der Waals surface area contributed by atoms with Gasteiger partial charge in [0.05, 0.1) is 12.8 Å². The smallest absolute Gasteiger partial charge is 0.119 e. The molecule has 0 saturated carbocycles. The summed E-state index contributed by atoms with van der Waals surface area (Å²) >= 11 is 0. The SMILES string of the molecule is CCOc1ccc(C(C)NCc2cn[nH]c2)cc1. The Bertz CT molecular complexity index is 450. The number of hydrogen-bond donors (Lipinski definition) is 2. The first kappa shape index (κ1) is 12.6. The van der Waals surface area contributed by atoms with E-state index in [1.807, 2.05) is 31.5 Å². The van der Waals surface area contributed by atoms with Gasteiger partial charge in [0.2, 0.25) is 0 Å². The van der Waals surface area contributed by atoms with Crippen molar-refractivity contribution in [1.29, 1.82) is 0 Å². The first-order valence-corrected chi connectivity index (χ1v) is 6.23. The molecule has 0 radical (unpaired) electrons. The van der Waals surface area contributed by atoms with E-state index in [1.54, 1.807) is 0 Å². The van der Waals surface area contributed by atoms with Crippen molar-refractivity contribution in [3.8, 4) is 5.75 Å². The lowest BCUT2D eigenvalue weighted by atomic mass is 10.1. The molecule has 4 heteroatoms. The van der Waals surface area contributed by atoms with Crippen molar-refractivity contribution in [3.05, 3.63) is 47.8 Å². The zero-order valence-corrected chi connectivity index (χ0v) is 10.8. The van der Waals surface area contributed by atoms with Crippen LogP contribution in [0.25, 0.3) is 0 Å². The minimum absolute atomic E-state index is 0.301. The first-order chi connectivity index (χ1) is 8.79. The van der Waals surface area contributed by atoms with Gasteiger partial charge in [-0.3, -0.25) is 5.10 Å². The van der Waals surface area contributed by atoms with Crippen LogP contribution in [-0.4, -0.2) is 16.8 Å². The number of ether oxygens (including phenoxy) is 1. The molecule has 18 heavy (non-hydrogen) atoms.